The van der Waals surface area contributed by atoms with Crippen LogP contribution in [0.3, 0.4) is 0 Å². The van der Waals surface area contributed by atoms with E-state index in [9.17, 15) is 4.79 Å². The normalized spacial score (nSPS) is 44.0. The van der Waals surface area contributed by atoms with Gasteiger partial charge in [0, 0.05) is 39.2 Å². The highest BCUT2D eigenvalue weighted by Crippen LogP contribution is 2.65. The Kier molecular flexibility index (Phi) is 13.7. The van der Waals surface area contributed by atoms with E-state index in [-0.39, 0.29) is 102 Å². The first-order chi connectivity index (χ1) is 29.3. The van der Waals surface area contributed by atoms with E-state index in [1.54, 1.807) is 27.4 Å². The molecule has 4 heterocycles. The van der Waals surface area contributed by atoms with E-state index in [1.807, 2.05) is 26.8 Å². The van der Waals surface area contributed by atoms with Crippen molar-refractivity contribution in [1.29, 1.82) is 0 Å². The maximum Gasteiger partial charge on any atom is 0.306 e. The van der Waals surface area contributed by atoms with E-state index in [4.69, 9.17) is 37.9 Å². The standard InChI is InChI=1S/C48H71FN2O10/c1-11-28-15-13-17-37(61-39-19-18-36(50(6)7)26(4)57-39)25(3)44(53)34-22-31-30-20-29(60-48-47(56-10)46(55-9)45(54-8)27(5)58-48)21-33(30)42-43(40(31)32(34)23-38(52)59-28)51(42)41-24(2)14-12-16-35(41)49/h12,14,16,22,25-33,36-37,39-40,42-43,45-48H,11,13,15,17-21,23H2,1-10H3/t25-,26-,27+,28+,29+,30+,31+,32-,33-,36+,37+,39+,40-,42+,43-,45+,46-,47-,48+,51?/m1/s1. The summed E-state index contributed by atoms with van der Waals surface area (Å²) in [5.41, 5.74) is 2.18. The number of nitrogens with zero attached hydrogens (tertiary/aromatic N) is 2. The second-order valence-electron chi connectivity index (χ2n) is 19.4. The van der Waals surface area contributed by atoms with Crippen molar-refractivity contribution in [2.45, 2.75) is 172 Å². The Bertz CT molecular complexity index is 1740. The molecule has 12 nitrogen and oxygen atoms in total. The van der Waals surface area contributed by atoms with Crippen molar-refractivity contribution in [3.8, 4) is 0 Å². The number of carbonyl (C=O) groups is 2. The van der Waals surface area contributed by atoms with Crippen molar-refractivity contribution in [3.05, 3.63) is 41.2 Å². The number of ketones is 1. The van der Waals surface area contributed by atoms with E-state index in [0.29, 0.717) is 36.6 Å². The van der Waals surface area contributed by atoms with Gasteiger partial charge in [-0.2, -0.15) is 0 Å². The van der Waals surface area contributed by atoms with Gasteiger partial charge in [-0.25, -0.2) is 4.39 Å². The van der Waals surface area contributed by atoms with E-state index in [0.717, 1.165) is 37.7 Å². The molecule has 0 aromatic heterocycles. The van der Waals surface area contributed by atoms with Gasteiger partial charge in [0.15, 0.2) is 18.4 Å². The first kappa shape index (κ1) is 45.1. The zero-order chi connectivity index (χ0) is 43.4. The molecule has 0 amide bonds. The van der Waals surface area contributed by atoms with Crippen molar-refractivity contribution in [1.82, 2.24) is 4.90 Å². The SMILES string of the molecule is CC[C@H]1CCC[C@H](O[C@H]2CC[C@H](N(C)C)[C@@H](C)O2)[C@@H](C)C(=O)C2=C[C@H]3[C@@H]4C[C@H](O[C@@H]5O[C@@H](C)[C@H](OC)[C@@H](OC)[C@H]5OC)C[C@H]4[C@H]4[C@@H]([C@H]3[C@@H]2CC(=O)O1)N4c1c(C)cccc1F. The molecule has 0 N–H and O–H groups in total. The third kappa shape index (κ3) is 8.49. The second-order valence-corrected chi connectivity index (χ2v) is 19.4. The maximum absolute atomic E-state index is 16.0. The summed E-state index contributed by atoms with van der Waals surface area (Å²) in [5, 5.41) is 0. The van der Waals surface area contributed by atoms with Crippen LogP contribution in [0.15, 0.2) is 29.8 Å². The molecular formula is C48H71FN2O10. The van der Waals surface area contributed by atoms with Gasteiger partial charge in [0.1, 0.15) is 30.2 Å². The summed E-state index contributed by atoms with van der Waals surface area (Å²) in [4.78, 5) is 33.7. The molecule has 4 aliphatic heterocycles. The van der Waals surface area contributed by atoms with Crippen LogP contribution in [0, 0.1) is 48.2 Å². The fourth-order valence-corrected chi connectivity index (χ4v) is 12.9. The highest BCUT2D eigenvalue weighted by atomic mass is 19.1. The summed E-state index contributed by atoms with van der Waals surface area (Å²) in [6, 6.07) is 5.52. The molecule has 4 saturated heterocycles. The first-order valence-corrected chi connectivity index (χ1v) is 23.1. The molecule has 2 saturated carbocycles. The summed E-state index contributed by atoms with van der Waals surface area (Å²) in [6.45, 7) is 10.1. The molecule has 6 fully saturated rings. The molecule has 1 aromatic rings. The molecule has 340 valence electrons. The van der Waals surface area contributed by atoms with Gasteiger partial charge in [0.25, 0.3) is 0 Å². The van der Waals surface area contributed by atoms with Gasteiger partial charge >= 0.3 is 5.97 Å². The molecular weight excluding hydrogens is 784 g/mol. The average molecular weight is 855 g/mol. The minimum Gasteiger partial charge on any atom is -0.462 e. The number of anilines is 1. The van der Waals surface area contributed by atoms with Crippen LogP contribution in [-0.2, 0) is 47.5 Å². The number of hydrogen-bond donors (Lipinski definition) is 0. The first-order valence-electron chi connectivity index (χ1n) is 23.1. The van der Waals surface area contributed by atoms with Gasteiger partial charge in [-0.3, -0.25) is 9.59 Å². The van der Waals surface area contributed by atoms with Gasteiger partial charge < -0.3 is 47.7 Å². The number of ether oxygens (including phenoxy) is 8. The Morgan fingerprint density at radius 1 is 0.869 bits per heavy atom. The van der Waals surface area contributed by atoms with E-state index in [1.165, 1.54) is 6.07 Å². The maximum atomic E-state index is 16.0. The zero-order valence-electron chi connectivity index (χ0n) is 38.0. The van der Waals surface area contributed by atoms with E-state index >= 15 is 9.18 Å². The van der Waals surface area contributed by atoms with Crippen molar-refractivity contribution in [3.63, 3.8) is 0 Å². The second kappa shape index (κ2) is 18.5. The molecule has 0 bridgehead atoms. The molecule has 8 rings (SSSR count). The molecule has 19 atom stereocenters. The Balaban J connectivity index is 1.12. The van der Waals surface area contributed by atoms with E-state index in [2.05, 4.69) is 43.8 Å². The number of fused-ring (bicyclic) bond motifs is 8. The number of likely N-dealkylation sites (N-methyl/N-ethyl adjacent to an activating group) is 1. The van der Waals surface area contributed by atoms with Crippen molar-refractivity contribution in [2.24, 2.45) is 35.5 Å². The number of benzene rings is 1. The fourth-order valence-electron chi connectivity index (χ4n) is 12.9. The highest BCUT2D eigenvalue weighted by molar-refractivity contribution is 5.99. The number of aryl methyl sites for hydroxylation is 1. The van der Waals surface area contributed by atoms with Crippen LogP contribution in [-0.4, -0.2) is 132 Å². The summed E-state index contributed by atoms with van der Waals surface area (Å²) in [7, 11) is 9.10. The third-order valence-corrected chi connectivity index (χ3v) is 15.9. The van der Waals surface area contributed by atoms with Crippen LogP contribution in [0.5, 0.6) is 0 Å². The molecule has 1 aromatic carbocycles. The van der Waals surface area contributed by atoms with Crippen LogP contribution in [0.1, 0.15) is 91.0 Å². The summed E-state index contributed by atoms with van der Waals surface area (Å²) < 4.78 is 66.4. The quantitative estimate of drug-likeness (QED) is 0.186. The average Bonchev–Trinajstić information content (AvgIpc) is 3.59. The van der Waals surface area contributed by atoms with Crippen molar-refractivity contribution < 1.29 is 51.9 Å². The summed E-state index contributed by atoms with van der Waals surface area (Å²) >= 11 is 0. The number of cyclic esters (lactones) is 1. The topological polar surface area (TPSA) is 114 Å². The molecule has 0 radical (unpaired) electrons. The minimum atomic E-state index is -0.681. The number of methoxy groups -OCH3 is 3. The van der Waals surface area contributed by atoms with Gasteiger partial charge in [0.05, 0.1) is 48.6 Å². The van der Waals surface area contributed by atoms with Crippen LogP contribution >= 0.6 is 0 Å². The Morgan fingerprint density at radius 2 is 1.61 bits per heavy atom. The van der Waals surface area contributed by atoms with Gasteiger partial charge in [-0.15, -0.1) is 0 Å². The van der Waals surface area contributed by atoms with Gasteiger partial charge in [0.2, 0.25) is 0 Å². The Morgan fingerprint density at radius 3 is 2.28 bits per heavy atom. The predicted octanol–water partition coefficient (Wildman–Crippen LogP) is 6.64. The molecule has 61 heavy (non-hydrogen) atoms. The number of rotatable bonds is 10. The predicted molar refractivity (Wildman–Crippen MR) is 226 cm³/mol. The van der Waals surface area contributed by atoms with Gasteiger partial charge in [-0.05, 0) is 127 Å². The lowest BCUT2D eigenvalue weighted by Gasteiger charge is -2.44. The third-order valence-electron chi connectivity index (χ3n) is 15.9. The van der Waals surface area contributed by atoms with Crippen molar-refractivity contribution in [2.75, 3.05) is 40.3 Å². The zero-order valence-corrected chi connectivity index (χ0v) is 38.0. The lowest BCUT2D eigenvalue weighted by atomic mass is 9.66. The lowest BCUT2D eigenvalue weighted by molar-refractivity contribution is -0.314. The number of esters is 1. The van der Waals surface area contributed by atoms with Crippen LogP contribution in [0.2, 0.25) is 0 Å². The number of halogens is 1. The van der Waals surface area contributed by atoms with Crippen molar-refractivity contribution >= 4 is 17.4 Å². The number of carbonyl (C=O) groups excluding carboxylic acids is 2. The minimum absolute atomic E-state index is 0.00300. The largest absolute Gasteiger partial charge is 0.462 e. The molecule has 13 heteroatoms. The summed E-state index contributed by atoms with van der Waals surface area (Å²) in [5.74, 6) is -1.14. The summed E-state index contributed by atoms with van der Waals surface area (Å²) in [6.07, 6.45) is 4.98. The highest BCUT2D eigenvalue weighted by Gasteiger charge is 2.69. The van der Waals surface area contributed by atoms with Crippen LogP contribution < -0.4 is 4.90 Å². The monoisotopic (exact) mass is 855 g/mol. The molecule has 7 aliphatic rings. The fraction of sp³-hybridized carbons (Fsp3) is 0.792. The number of hydrogen-bond acceptors (Lipinski definition) is 12. The molecule has 3 aliphatic carbocycles. The van der Waals surface area contributed by atoms with E-state index < -0.39 is 30.7 Å². The van der Waals surface area contributed by atoms with Crippen LogP contribution in [0.4, 0.5) is 10.1 Å². The molecule has 0 unspecified atom stereocenters. The Labute approximate surface area is 362 Å². The lowest BCUT2D eigenvalue weighted by Crippen LogP contribution is -2.59. The number of para-hydroxylation sites is 1. The molecule has 0 spiro atoms. The number of Topliss-reactive ketones (excluding diaryl/α,β-unsaturated/α-hetero) is 1. The Hall–Kier alpha value is -2.49. The van der Waals surface area contributed by atoms with Crippen LogP contribution in [0.25, 0.3) is 0 Å². The number of allylic oxidation sites excluding steroid dienone is 2. The smallest absolute Gasteiger partial charge is 0.306 e. The van der Waals surface area contributed by atoms with Gasteiger partial charge in [-0.1, -0.05) is 32.1 Å².